The molecule has 0 radical (unpaired) electrons. The molecule has 10 heteroatoms. The number of nitrogens with zero attached hydrogens (tertiary/aromatic N) is 2. The quantitative estimate of drug-likeness (QED) is 0.615. The third-order valence-corrected chi connectivity index (χ3v) is 5.09. The molecule has 150 valence electrons. The molecule has 9 nitrogen and oxygen atoms in total. The molecule has 29 heavy (non-hydrogen) atoms. The van der Waals surface area contributed by atoms with Gasteiger partial charge in [0.25, 0.3) is 5.91 Å². The number of thiazole rings is 1. The van der Waals surface area contributed by atoms with Crippen LogP contribution in [-0.2, 0) is 14.4 Å². The number of likely N-dealkylation sites (N-methyl/N-ethyl adjacent to an activating group) is 1. The standard InChI is InChI=1S/C19H18N4O5S/c1-23-7-5-14(24)16(18(23)27)22-19(28)21-13(10-15(25)26)11-3-2-4-12(9-11)17-20-6-8-29-17/h2-9,13,16H,10H2,1H3,(H,25,26)(H2,21,22,28). The normalized spacial score (nSPS) is 17.1. The van der Waals surface area contributed by atoms with E-state index in [1.54, 1.807) is 24.4 Å². The van der Waals surface area contributed by atoms with Crippen LogP contribution in [0.3, 0.4) is 0 Å². The van der Waals surface area contributed by atoms with Crippen molar-refractivity contribution >= 4 is 35.0 Å². The molecule has 3 rings (SSSR count). The van der Waals surface area contributed by atoms with Gasteiger partial charge in [0.2, 0.25) is 0 Å². The van der Waals surface area contributed by atoms with E-state index in [-0.39, 0.29) is 6.42 Å². The lowest BCUT2D eigenvalue weighted by atomic mass is 10.0. The fraction of sp³-hybridized carbons (Fsp3) is 0.211. The van der Waals surface area contributed by atoms with E-state index in [9.17, 15) is 24.3 Å². The number of carbonyl (C=O) groups is 4. The molecular weight excluding hydrogens is 396 g/mol. The van der Waals surface area contributed by atoms with Gasteiger partial charge in [-0.05, 0) is 11.6 Å². The molecular formula is C19H18N4O5S. The molecule has 1 aliphatic rings. The van der Waals surface area contributed by atoms with Crippen molar-refractivity contribution in [1.82, 2.24) is 20.5 Å². The van der Waals surface area contributed by atoms with E-state index in [4.69, 9.17) is 0 Å². The third-order valence-electron chi connectivity index (χ3n) is 4.27. The van der Waals surface area contributed by atoms with Gasteiger partial charge in [-0.1, -0.05) is 18.2 Å². The second kappa shape index (κ2) is 8.65. The Labute approximate surface area is 170 Å². The average Bonchev–Trinajstić information content (AvgIpc) is 3.22. The van der Waals surface area contributed by atoms with Gasteiger partial charge in [0.15, 0.2) is 11.8 Å². The highest BCUT2D eigenvalue weighted by molar-refractivity contribution is 7.13. The van der Waals surface area contributed by atoms with E-state index in [2.05, 4.69) is 15.6 Å². The second-order valence-corrected chi connectivity index (χ2v) is 7.23. The molecule has 0 bridgehead atoms. The number of carboxylic acid groups (broad SMARTS) is 1. The Morgan fingerprint density at radius 1 is 1.34 bits per heavy atom. The van der Waals surface area contributed by atoms with Crippen LogP contribution in [0.15, 0.2) is 48.1 Å². The Kier molecular flexibility index (Phi) is 6.03. The number of aromatic nitrogens is 1. The number of carbonyl (C=O) groups excluding carboxylic acids is 3. The second-order valence-electron chi connectivity index (χ2n) is 6.33. The molecule has 0 saturated heterocycles. The van der Waals surface area contributed by atoms with Gasteiger partial charge in [-0.25, -0.2) is 9.78 Å². The molecule has 0 fully saturated rings. The first kappa shape index (κ1) is 20.2. The van der Waals surface area contributed by atoms with Crippen LogP contribution in [0.4, 0.5) is 4.79 Å². The molecule has 2 aromatic rings. The third kappa shape index (κ3) is 4.85. The summed E-state index contributed by atoms with van der Waals surface area (Å²) in [5.41, 5.74) is 1.35. The molecule has 1 aliphatic heterocycles. The summed E-state index contributed by atoms with van der Waals surface area (Å²) in [6, 6.07) is 3.99. The number of nitrogens with one attached hydrogen (secondary N) is 2. The van der Waals surface area contributed by atoms with Crippen molar-refractivity contribution in [3.63, 3.8) is 0 Å². The first-order chi connectivity index (χ1) is 13.8. The van der Waals surface area contributed by atoms with Gasteiger partial charge in [0.1, 0.15) is 5.01 Å². The Bertz CT molecular complexity index is 973. The number of amides is 3. The first-order valence-electron chi connectivity index (χ1n) is 8.62. The van der Waals surface area contributed by atoms with Crippen LogP contribution >= 0.6 is 11.3 Å². The fourth-order valence-corrected chi connectivity index (χ4v) is 3.46. The molecule has 2 atom stereocenters. The zero-order chi connectivity index (χ0) is 21.0. The van der Waals surface area contributed by atoms with Crippen molar-refractivity contribution in [2.45, 2.75) is 18.5 Å². The van der Waals surface area contributed by atoms with Crippen molar-refractivity contribution in [2.24, 2.45) is 0 Å². The molecule has 0 saturated carbocycles. The highest BCUT2D eigenvalue weighted by atomic mass is 32.1. The molecule has 0 aliphatic carbocycles. The monoisotopic (exact) mass is 414 g/mol. The minimum Gasteiger partial charge on any atom is -0.481 e. The summed E-state index contributed by atoms with van der Waals surface area (Å²) in [4.78, 5) is 53.2. The van der Waals surface area contributed by atoms with Crippen LogP contribution in [0.5, 0.6) is 0 Å². The van der Waals surface area contributed by atoms with Gasteiger partial charge < -0.3 is 20.6 Å². The Balaban J connectivity index is 1.77. The van der Waals surface area contributed by atoms with Crippen molar-refractivity contribution in [2.75, 3.05) is 7.05 Å². The summed E-state index contributed by atoms with van der Waals surface area (Å²) in [5.74, 6) is -2.24. The highest BCUT2D eigenvalue weighted by Gasteiger charge is 2.32. The number of aliphatic carboxylic acids is 1. The molecule has 3 amide bonds. The lowest BCUT2D eigenvalue weighted by molar-refractivity contribution is -0.138. The number of hydrogen-bond acceptors (Lipinski definition) is 6. The first-order valence-corrected chi connectivity index (χ1v) is 9.50. The predicted molar refractivity (Wildman–Crippen MR) is 105 cm³/mol. The van der Waals surface area contributed by atoms with Crippen molar-refractivity contribution in [3.05, 3.63) is 53.7 Å². The number of hydrogen-bond donors (Lipinski definition) is 3. The predicted octanol–water partition coefficient (Wildman–Crippen LogP) is 1.55. The SMILES string of the molecule is CN1C=CC(=O)C(NC(=O)NC(CC(=O)O)c2cccc(-c3nccs3)c2)C1=O. The van der Waals surface area contributed by atoms with E-state index >= 15 is 0 Å². The van der Waals surface area contributed by atoms with Gasteiger partial charge in [-0.2, -0.15) is 0 Å². The number of ketones is 1. The molecule has 1 aromatic carbocycles. The van der Waals surface area contributed by atoms with Crippen molar-refractivity contribution in [1.29, 1.82) is 0 Å². The van der Waals surface area contributed by atoms with Crippen LogP contribution in [0, 0.1) is 0 Å². The molecule has 2 unspecified atom stereocenters. The van der Waals surface area contributed by atoms with E-state index in [0.29, 0.717) is 5.56 Å². The summed E-state index contributed by atoms with van der Waals surface area (Å²) in [6.07, 6.45) is 3.80. The number of urea groups is 1. The number of carboxylic acids is 1. The minimum atomic E-state index is -1.35. The van der Waals surface area contributed by atoms with E-state index in [1.807, 2.05) is 11.4 Å². The summed E-state index contributed by atoms with van der Waals surface area (Å²) in [6.45, 7) is 0. The highest BCUT2D eigenvalue weighted by Crippen LogP contribution is 2.26. The molecule has 2 heterocycles. The maximum Gasteiger partial charge on any atom is 0.316 e. The van der Waals surface area contributed by atoms with Crippen molar-refractivity contribution in [3.8, 4) is 10.6 Å². The van der Waals surface area contributed by atoms with Gasteiger partial charge in [-0.3, -0.25) is 14.4 Å². The van der Waals surface area contributed by atoms with Gasteiger partial charge in [0.05, 0.1) is 12.5 Å². The van der Waals surface area contributed by atoms with Crippen molar-refractivity contribution < 1.29 is 24.3 Å². The smallest absolute Gasteiger partial charge is 0.316 e. The Hall–Kier alpha value is -3.53. The van der Waals surface area contributed by atoms with Gasteiger partial charge in [-0.15, -0.1) is 11.3 Å². The maximum absolute atomic E-state index is 12.4. The average molecular weight is 414 g/mol. The number of benzene rings is 1. The zero-order valence-electron chi connectivity index (χ0n) is 15.4. The van der Waals surface area contributed by atoms with Crippen LogP contribution in [0.1, 0.15) is 18.0 Å². The summed E-state index contributed by atoms with van der Waals surface area (Å²) < 4.78 is 0. The topological polar surface area (TPSA) is 129 Å². The summed E-state index contributed by atoms with van der Waals surface area (Å²) in [7, 11) is 1.47. The Morgan fingerprint density at radius 3 is 2.83 bits per heavy atom. The van der Waals surface area contributed by atoms with Crippen LogP contribution < -0.4 is 10.6 Å². The van der Waals surface area contributed by atoms with Gasteiger partial charge >= 0.3 is 12.0 Å². The lowest BCUT2D eigenvalue weighted by Gasteiger charge is -2.25. The van der Waals surface area contributed by atoms with E-state index in [0.717, 1.165) is 10.6 Å². The minimum absolute atomic E-state index is 0.374. The number of rotatable bonds is 6. The lowest BCUT2D eigenvalue weighted by Crippen LogP contribution is -2.55. The van der Waals surface area contributed by atoms with E-state index < -0.39 is 35.8 Å². The Morgan fingerprint density at radius 2 is 2.14 bits per heavy atom. The summed E-state index contributed by atoms with van der Waals surface area (Å²) >= 11 is 1.44. The molecule has 3 N–H and O–H groups in total. The fourth-order valence-electron chi connectivity index (χ4n) is 2.83. The maximum atomic E-state index is 12.4. The van der Waals surface area contributed by atoms with Crippen LogP contribution in [0.25, 0.3) is 10.6 Å². The molecule has 1 aromatic heterocycles. The summed E-state index contributed by atoms with van der Waals surface area (Å²) in [5, 5.41) is 16.7. The largest absolute Gasteiger partial charge is 0.481 e. The van der Waals surface area contributed by atoms with Crippen LogP contribution in [0.2, 0.25) is 0 Å². The van der Waals surface area contributed by atoms with Crippen LogP contribution in [-0.4, -0.2) is 51.8 Å². The molecule has 0 spiro atoms. The van der Waals surface area contributed by atoms with Gasteiger partial charge in [0, 0.05) is 36.5 Å². The van der Waals surface area contributed by atoms with E-state index in [1.165, 1.54) is 35.6 Å². The zero-order valence-corrected chi connectivity index (χ0v) is 16.2.